The predicted molar refractivity (Wildman–Crippen MR) is 64.4 cm³/mol. The predicted octanol–water partition coefficient (Wildman–Crippen LogP) is -1.41. The molecule has 0 fully saturated rings. The zero-order valence-corrected chi connectivity index (χ0v) is 10.7. The van der Waals surface area contributed by atoms with Gasteiger partial charge in [-0.15, -0.1) is 0 Å². The van der Waals surface area contributed by atoms with Crippen molar-refractivity contribution in [3.8, 4) is 0 Å². The molecule has 0 bridgehead atoms. The van der Waals surface area contributed by atoms with Crippen LogP contribution in [0.15, 0.2) is 29.2 Å². The Hall–Kier alpha value is -2.13. The van der Waals surface area contributed by atoms with E-state index in [-0.39, 0.29) is 10.6 Å². The summed E-state index contributed by atoms with van der Waals surface area (Å²) in [6, 6.07) is 3.18. The molecule has 0 aromatic heterocycles. The second kappa shape index (κ2) is 5.67. The first kappa shape index (κ1) is 14.9. The Morgan fingerprint density at radius 3 is 2.21 bits per heavy atom. The van der Waals surface area contributed by atoms with Crippen molar-refractivity contribution in [2.24, 2.45) is 5.14 Å². The van der Waals surface area contributed by atoms with Crippen molar-refractivity contribution in [3.05, 3.63) is 24.3 Å². The lowest BCUT2D eigenvalue weighted by Crippen LogP contribution is -2.47. The van der Waals surface area contributed by atoms with Gasteiger partial charge in [-0.05, 0) is 31.2 Å². The van der Waals surface area contributed by atoms with Crippen LogP contribution < -0.4 is 20.9 Å². The van der Waals surface area contributed by atoms with Crippen molar-refractivity contribution in [3.63, 3.8) is 0 Å². The number of sulfonamides is 1. The molecule has 0 saturated heterocycles. The van der Waals surface area contributed by atoms with Crippen molar-refractivity contribution < 1.29 is 23.1 Å². The van der Waals surface area contributed by atoms with Gasteiger partial charge < -0.3 is 20.5 Å². The fourth-order valence-corrected chi connectivity index (χ4v) is 1.67. The number of nitrogens with two attached hydrogens (primary N) is 1. The number of carbonyl (C=O) groups is 2. The molecule has 2 amide bonds. The van der Waals surface area contributed by atoms with Crippen molar-refractivity contribution in [2.45, 2.75) is 17.9 Å². The van der Waals surface area contributed by atoms with Crippen molar-refractivity contribution >= 4 is 27.7 Å². The summed E-state index contributed by atoms with van der Waals surface area (Å²) >= 11 is 0. The van der Waals surface area contributed by atoms with E-state index in [1.165, 1.54) is 31.2 Å². The van der Waals surface area contributed by atoms with Gasteiger partial charge in [-0.1, -0.05) is 0 Å². The van der Waals surface area contributed by atoms with E-state index in [1.807, 2.05) is 0 Å². The molecule has 0 aliphatic heterocycles. The zero-order chi connectivity index (χ0) is 14.6. The summed E-state index contributed by atoms with van der Waals surface area (Å²) in [6.45, 7) is 1.25. The van der Waals surface area contributed by atoms with Crippen LogP contribution in [0.3, 0.4) is 0 Å². The summed E-state index contributed by atoms with van der Waals surface area (Å²) in [4.78, 5) is 21.7. The van der Waals surface area contributed by atoms with Crippen LogP contribution in [-0.2, 0) is 14.8 Å². The van der Waals surface area contributed by atoms with Gasteiger partial charge in [0.25, 0.3) is 0 Å². The molecule has 0 spiro atoms. The molecule has 9 heteroatoms. The Morgan fingerprint density at radius 2 is 1.79 bits per heavy atom. The number of nitrogens with one attached hydrogen (secondary N) is 2. The monoisotopic (exact) mass is 286 g/mol. The number of rotatable bonds is 4. The summed E-state index contributed by atoms with van der Waals surface area (Å²) in [5, 5.41) is 19.8. The van der Waals surface area contributed by atoms with Crippen LogP contribution >= 0.6 is 0 Å². The molecule has 0 radical (unpaired) electrons. The molecule has 1 atom stereocenters. The first-order chi connectivity index (χ1) is 8.70. The van der Waals surface area contributed by atoms with Gasteiger partial charge in [0.05, 0.1) is 16.9 Å². The highest BCUT2D eigenvalue weighted by Crippen LogP contribution is 2.12. The summed E-state index contributed by atoms with van der Waals surface area (Å²) in [6.07, 6.45) is 0. The van der Waals surface area contributed by atoms with Crippen molar-refractivity contribution in [1.82, 2.24) is 5.32 Å². The van der Waals surface area contributed by atoms with Crippen molar-refractivity contribution in [1.29, 1.82) is 0 Å². The highest BCUT2D eigenvalue weighted by Gasteiger charge is 2.09. The summed E-state index contributed by atoms with van der Waals surface area (Å²) in [7, 11) is -3.79. The second-order valence-electron chi connectivity index (χ2n) is 3.71. The van der Waals surface area contributed by atoms with Gasteiger partial charge >= 0.3 is 6.03 Å². The van der Waals surface area contributed by atoms with Gasteiger partial charge in [0.1, 0.15) is 0 Å². The average molecular weight is 286 g/mol. The second-order valence-corrected chi connectivity index (χ2v) is 5.27. The lowest BCUT2D eigenvalue weighted by atomic mass is 10.3. The van der Waals surface area contributed by atoms with E-state index in [2.05, 4.69) is 10.6 Å². The Kier molecular flexibility index (Phi) is 4.46. The molecular formula is C10H12N3O5S-. The minimum Gasteiger partial charge on any atom is -0.548 e. The number of anilines is 1. The van der Waals surface area contributed by atoms with Crippen LogP contribution in [0.25, 0.3) is 0 Å². The summed E-state index contributed by atoms with van der Waals surface area (Å²) in [5.41, 5.74) is 0.287. The SMILES string of the molecule is C[C@H](NC(=O)Nc1ccc(S(N)(=O)=O)cc1)C(=O)[O-]. The third-order valence-corrected chi connectivity index (χ3v) is 3.07. The van der Waals surface area contributed by atoms with Crippen LogP contribution in [0.2, 0.25) is 0 Å². The Labute approximate surface area is 109 Å². The molecule has 104 valence electrons. The third kappa shape index (κ3) is 4.56. The van der Waals surface area contributed by atoms with E-state index < -0.39 is 28.1 Å². The quantitative estimate of drug-likeness (QED) is 0.623. The molecule has 0 heterocycles. The number of hydrogen-bond acceptors (Lipinski definition) is 5. The average Bonchev–Trinajstić information content (AvgIpc) is 2.28. The maximum Gasteiger partial charge on any atom is 0.319 e. The number of aliphatic carboxylic acids is 1. The zero-order valence-electron chi connectivity index (χ0n) is 9.91. The van der Waals surface area contributed by atoms with Crippen LogP contribution in [0.4, 0.5) is 10.5 Å². The first-order valence-electron chi connectivity index (χ1n) is 5.11. The Morgan fingerprint density at radius 1 is 1.26 bits per heavy atom. The molecule has 19 heavy (non-hydrogen) atoms. The molecule has 0 aliphatic carbocycles. The van der Waals surface area contributed by atoms with Gasteiger partial charge in [-0.25, -0.2) is 18.4 Å². The molecule has 0 aliphatic rings. The molecular weight excluding hydrogens is 274 g/mol. The van der Waals surface area contributed by atoms with E-state index >= 15 is 0 Å². The fraction of sp³-hybridized carbons (Fsp3) is 0.200. The normalized spacial score (nSPS) is 12.5. The van der Waals surface area contributed by atoms with Gasteiger partial charge in [0.2, 0.25) is 10.0 Å². The molecule has 0 saturated carbocycles. The summed E-state index contributed by atoms with van der Waals surface area (Å²) < 4.78 is 22.0. The van der Waals surface area contributed by atoms with Gasteiger partial charge in [-0.3, -0.25) is 0 Å². The van der Waals surface area contributed by atoms with Gasteiger partial charge in [-0.2, -0.15) is 0 Å². The maximum absolute atomic E-state index is 11.4. The maximum atomic E-state index is 11.4. The molecule has 1 rings (SSSR count). The number of carboxylic acid groups (broad SMARTS) is 1. The number of benzene rings is 1. The number of urea groups is 1. The van der Waals surface area contributed by atoms with Gasteiger partial charge in [0.15, 0.2) is 0 Å². The van der Waals surface area contributed by atoms with E-state index in [1.54, 1.807) is 0 Å². The Bertz CT molecular complexity index is 582. The smallest absolute Gasteiger partial charge is 0.319 e. The Balaban J connectivity index is 2.69. The van der Waals surface area contributed by atoms with Crippen LogP contribution in [0.5, 0.6) is 0 Å². The highest BCUT2D eigenvalue weighted by molar-refractivity contribution is 7.89. The number of amides is 2. The fourth-order valence-electron chi connectivity index (χ4n) is 1.15. The number of primary sulfonamides is 1. The van der Waals surface area contributed by atoms with Crippen LogP contribution in [-0.4, -0.2) is 26.5 Å². The molecule has 1 aromatic carbocycles. The van der Waals surface area contributed by atoms with E-state index in [0.29, 0.717) is 0 Å². The third-order valence-electron chi connectivity index (χ3n) is 2.14. The minimum absolute atomic E-state index is 0.0958. The molecule has 1 aromatic rings. The van der Waals surface area contributed by atoms with Crippen molar-refractivity contribution in [2.75, 3.05) is 5.32 Å². The van der Waals surface area contributed by atoms with Gasteiger partial charge in [0, 0.05) is 5.69 Å². The first-order valence-corrected chi connectivity index (χ1v) is 6.66. The molecule has 0 unspecified atom stereocenters. The van der Waals surface area contributed by atoms with Crippen LogP contribution in [0.1, 0.15) is 6.92 Å². The topological polar surface area (TPSA) is 141 Å². The highest BCUT2D eigenvalue weighted by atomic mass is 32.2. The van der Waals surface area contributed by atoms with E-state index in [4.69, 9.17) is 5.14 Å². The van der Waals surface area contributed by atoms with Crippen LogP contribution in [0, 0.1) is 0 Å². The lowest BCUT2D eigenvalue weighted by molar-refractivity contribution is -0.307. The largest absolute Gasteiger partial charge is 0.548 e. The summed E-state index contributed by atoms with van der Waals surface area (Å²) in [5.74, 6) is -1.42. The number of carboxylic acids is 1. The van der Waals surface area contributed by atoms with E-state index in [9.17, 15) is 23.1 Å². The number of hydrogen-bond donors (Lipinski definition) is 3. The lowest BCUT2D eigenvalue weighted by Gasteiger charge is -2.15. The molecule has 8 nitrogen and oxygen atoms in total. The standard InChI is InChI=1S/C10H13N3O5S/c1-6(9(14)15)12-10(16)13-7-2-4-8(5-3-7)19(11,17)18/h2-6H,1H3,(H,14,15)(H2,11,17,18)(H2,12,13,16)/p-1/t6-/m0/s1. The molecule has 4 N–H and O–H groups in total. The number of carbonyl (C=O) groups excluding carboxylic acids is 2. The van der Waals surface area contributed by atoms with E-state index in [0.717, 1.165) is 0 Å². The minimum atomic E-state index is -3.79.